The Hall–Kier alpha value is -3.29. The van der Waals surface area contributed by atoms with E-state index in [0.29, 0.717) is 5.56 Å². The molecule has 0 atom stereocenters. The molecule has 0 bridgehead atoms. The van der Waals surface area contributed by atoms with Gasteiger partial charge in [-0.15, -0.1) is 0 Å². The second-order valence-corrected chi connectivity index (χ2v) is 7.75. The van der Waals surface area contributed by atoms with E-state index < -0.39 is 0 Å². The van der Waals surface area contributed by atoms with Gasteiger partial charge in [-0.25, -0.2) is 4.39 Å². The van der Waals surface area contributed by atoms with Crippen molar-refractivity contribution in [2.45, 2.75) is 39.0 Å². The van der Waals surface area contributed by atoms with Crippen molar-refractivity contribution in [3.8, 4) is 23.7 Å². The summed E-state index contributed by atoms with van der Waals surface area (Å²) in [7, 11) is 0. The number of aryl methyl sites for hydroxylation is 2. The normalized spacial score (nSPS) is 12.9. The van der Waals surface area contributed by atoms with E-state index in [9.17, 15) is 0 Å². The summed E-state index contributed by atoms with van der Waals surface area (Å²) in [6.07, 6.45) is 3.18. The Morgan fingerprint density at radius 2 is 1.14 bits per heavy atom. The molecule has 0 amide bonds. The van der Waals surface area contributed by atoms with Crippen LogP contribution in [0.25, 0.3) is 0 Å². The highest BCUT2D eigenvalue weighted by atomic mass is 19.1. The van der Waals surface area contributed by atoms with Crippen molar-refractivity contribution in [3.63, 3.8) is 0 Å². The summed E-state index contributed by atoms with van der Waals surface area (Å²) >= 11 is 0. The van der Waals surface area contributed by atoms with Crippen LogP contribution in [0.5, 0.6) is 0 Å². The highest BCUT2D eigenvalue weighted by Gasteiger charge is 2.26. The van der Waals surface area contributed by atoms with Crippen LogP contribution in [0.3, 0.4) is 0 Å². The molecule has 0 spiro atoms. The van der Waals surface area contributed by atoms with Crippen LogP contribution in [0.2, 0.25) is 0 Å². The maximum absolute atomic E-state index is 15.4. The van der Waals surface area contributed by atoms with Gasteiger partial charge in [-0.1, -0.05) is 65.5 Å². The third-order valence-corrected chi connectivity index (χ3v) is 5.48. The zero-order valence-corrected chi connectivity index (χ0v) is 16.9. The Balaban J connectivity index is 1.70. The first-order valence-corrected chi connectivity index (χ1v) is 10.1. The van der Waals surface area contributed by atoms with E-state index >= 15 is 4.39 Å². The molecule has 0 nitrogen and oxygen atoms in total. The Kier molecular flexibility index (Phi) is 5.50. The molecular formula is C28H23F. The molecule has 1 saturated carbocycles. The maximum Gasteiger partial charge on any atom is 0.143 e. The minimum absolute atomic E-state index is 0.204. The molecule has 0 aromatic heterocycles. The van der Waals surface area contributed by atoms with Crippen LogP contribution in [-0.4, -0.2) is 0 Å². The number of hydrogen-bond acceptors (Lipinski definition) is 0. The van der Waals surface area contributed by atoms with E-state index in [0.717, 1.165) is 41.5 Å². The van der Waals surface area contributed by atoms with Gasteiger partial charge in [-0.3, -0.25) is 0 Å². The first-order valence-electron chi connectivity index (χ1n) is 10.1. The van der Waals surface area contributed by atoms with Crippen LogP contribution in [-0.2, 0) is 0 Å². The standard InChI is InChI=1S/C28H23F/c1-20-6-10-22(11-7-20)14-16-25-18-19-26(28(29)27(25)24-4-3-5-24)17-15-23-12-8-21(2)9-13-23/h6-13,18-19,24H,3-5H2,1-2H3. The molecule has 3 aromatic carbocycles. The molecule has 0 aliphatic heterocycles. The topological polar surface area (TPSA) is 0 Å². The molecule has 3 aromatic rings. The molecule has 0 unspecified atom stereocenters. The summed E-state index contributed by atoms with van der Waals surface area (Å²) in [5.41, 5.74) is 6.20. The average Bonchev–Trinajstić information content (AvgIpc) is 2.69. The predicted molar refractivity (Wildman–Crippen MR) is 117 cm³/mol. The predicted octanol–water partition coefficient (Wildman–Crippen LogP) is 6.51. The maximum atomic E-state index is 15.4. The van der Waals surface area contributed by atoms with Crippen LogP contribution in [0.1, 0.15) is 64.1 Å². The van der Waals surface area contributed by atoms with Gasteiger partial charge < -0.3 is 0 Å². The molecular weight excluding hydrogens is 355 g/mol. The summed E-state index contributed by atoms with van der Waals surface area (Å²) in [5.74, 6) is 12.6. The lowest BCUT2D eigenvalue weighted by atomic mass is 9.77. The van der Waals surface area contributed by atoms with E-state index in [1.165, 1.54) is 11.1 Å². The molecule has 4 rings (SSSR count). The fraction of sp³-hybridized carbons (Fsp3) is 0.214. The van der Waals surface area contributed by atoms with Crippen molar-refractivity contribution in [2.75, 3.05) is 0 Å². The first-order chi connectivity index (χ1) is 14.1. The van der Waals surface area contributed by atoms with Gasteiger partial charge in [0.05, 0.1) is 5.56 Å². The molecule has 1 fully saturated rings. The Morgan fingerprint density at radius 3 is 1.62 bits per heavy atom. The summed E-state index contributed by atoms with van der Waals surface area (Å²) in [6.45, 7) is 4.09. The second-order valence-electron chi connectivity index (χ2n) is 7.75. The molecule has 0 heterocycles. The summed E-state index contributed by atoms with van der Waals surface area (Å²) in [6, 6.07) is 19.8. The van der Waals surface area contributed by atoms with Crippen molar-refractivity contribution in [1.82, 2.24) is 0 Å². The van der Waals surface area contributed by atoms with Crippen molar-refractivity contribution in [1.29, 1.82) is 0 Å². The van der Waals surface area contributed by atoms with Crippen LogP contribution < -0.4 is 0 Å². The molecule has 1 aliphatic carbocycles. The first kappa shape index (κ1) is 19.0. The van der Waals surface area contributed by atoms with Gasteiger partial charge in [0.2, 0.25) is 0 Å². The number of halogens is 1. The fourth-order valence-corrected chi connectivity index (χ4v) is 3.45. The fourth-order valence-electron chi connectivity index (χ4n) is 3.45. The van der Waals surface area contributed by atoms with Gasteiger partial charge in [-0.05, 0) is 69.0 Å². The lowest BCUT2D eigenvalue weighted by molar-refractivity contribution is 0.403. The average molecular weight is 378 g/mol. The molecule has 1 heteroatoms. The van der Waals surface area contributed by atoms with E-state index in [-0.39, 0.29) is 11.7 Å². The van der Waals surface area contributed by atoms with Gasteiger partial charge in [0, 0.05) is 22.3 Å². The van der Waals surface area contributed by atoms with Crippen LogP contribution >= 0.6 is 0 Å². The molecule has 142 valence electrons. The largest absolute Gasteiger partial charge is 0.205 e. The van der Waals surface area contributed by atoms with Crippen molar-refractivity contribution in [3.05, 3.63) is 105 Å². The third-order valence-electron chi connectivity index (χ3n) is 5.48. The van der Waals surface area contributed by atoms with Crippen molar-refractivity contribution < 1.29 is 4.39 Å². The van der Waals surface area contributed by atoms with Gasteiger partial charge >= 0.3 is 0 Å². The Labute approximate surface area is 172 Å². The molecule has 0 saturated heterocycles. The minimum atomic E-state index is -0.204. The Bertz CT molecular complexity index is 1140. The van der Waals surface area contributed by atoms with Gasteiger partial charge in [0.25, 0.3) is 0 Å². The monoisotopic (exact) mass is 378 g/mol. The van der Waals surface area contributed by atoms with Crippen LogP contribution in [0, 0.1) is 43.3 Å². The van der Waals surface area contributed by atoms with E-state index in [1.807, 2.05) is 61.5 Å². The zero-order valence-electron chi connectivity index (χ0n) is 16.9. The van der Waals surface area contributed by atoms with Crippen molar-refractivity contribution in [2.24, 2.45) is 0 Å². The molecule has 0 N–H and O–H groups in total. The quantitative estimate of drug-likeness (QED) is 0.424. The highest BCUT2D eigenvalue weighted by Crippen LogP contribution is 2.40. The van der Waals surface area contributed by atoms with E-state index in [4.69, 9.17) is 0 Å². The minimum Gasteiger partial charge on any atom is -0.205 e. The third kappa shape index (κ3) is 4.42. The molecule has 29 heavy (non-hydrogen) atoms. The van der Waals surface area contributed by atoms with Crippen LogP contribution in [0.15, 0.2) is 60.7 Å². The number of rotatable bonds is 1. The van der Waals surface area contributed by atoms with Gasteiger partial charge in [-0.2, -0.15) is 0 Å². The Morgan fingerprint density at radius 1 is 0.655 bits per heavy atom. The van der Waals surface area contributed by atoms with E-state index in [1.54, 1.807) is 6.07 Å². The number of benzene rings is 3. The smallest absolute Gasteiger partial charge is 0.143 e. The van der Waals surface area contributed by atoms with Gasteiger partial charge in [0.15, 0.2) is 0 Å². The summed E-state index contributed by atoms with van der Waals surface area (Å²) in [4.78, 5) is 0. The second kappa shape index (κ2) is 8.38. The highest BCUT2D eigenvalue weighted by molar-refractivity contribution is 5.54. The van der Waals surface area contributed by atoms with Crippen LogP contribution in [0.4, 0.5) is 4.39 Å². The summed E-state index contributed by atoms with van der Waals surface area (Å²) < 4.78 is 15.4. The molecule has 1 aliphatic rings. The lowest BCUT2D eigenvalue weighted by Crippen LogP contribution is -2.13. The van der Waals surface area contributed by atoms with E-state index in [2.05, 4.69) is 30.6 Å². The SMILES string of the molecule is Cc1ccc(C#Cc2ccc(C#Cc3ccc(C)cc3)c(C3CCC3)c2F)cc1. The number of hydrogen-bond donors (Lipinski definition) is 0. The lowest BCUT2D eigenvalue weighted by Gasteiger charge is -2.27. The van der Waals surface area contributed by atoms with Gasteiger partial charge in [0.1, 0.15) is 5.82 Å². The van der Waals surface area contributed by atoms with Crippen molar-refractivity contribution >= 4 is 0 Å². The summed E-state index contributed by atoms with van der Waals surface area (Å²) in [5, 5.41) is 0. The zero-order chi connectivity index (χ0) is 20.2. The molecule has 0 radical (unpaired) electrons.